The van der Waals surface area contributed by atoms with Crippen LogP contribution in [-0.4, -0.2) is 4.57 Å². The second-order valence-electron chi connectivity index (χ2n) is 11.3. The lowest BCUT2D eigenvalue weighted by Crippen LogP contribution is -2.20. The summed E-state index contributed by atoms with van der Waals surface area (Å²) in [5.74, 6) is 0. The van der Waals surface area contributed by atoms with Gasteiger partial charge in [-0.05, 0) is 57.8 Å². The molecule has 0 amide bonds. The van der Waals surface area contributed by atoms with Gasteiger partial charge in [0.1, 0.15) is 0 Å². The van der Waals surface area contributed by atoms with Crippen LogP contribution in [0.5, 0.6) is 0 Å². The van der Waals surface area contributed by atoms with Gasteiger partial charge in [0.15, 0.2) is 7.14 Å². The molecule has 2 heterocycles. The molecule has 3 heteroatoms. The third-order valence-electron chi connectivity index (χ3n) is 8.99. The van der Waals surface area contributed by atoms with Crippen LogP contribution in [0, 0.1) is 0 Å². The Balaban J connectivity index is 1.31. The molecule has 0 saturated heterocycles. The highest BCUT2D eigenvalue weighted by Crippen LogP contribution is 2.54. The maximum Gasteiger partial charge on any atom is 0.172 e. The molecule has 0 aliphatic carbocycles. The van der Waals surface area contributed by atoms with Gasteiger partial charge in [-0.15, -0.1) is 0 Å². The van der Waals surface area contributed by atoms with Gasteiger partial charge in [-0.3, -0.25) is 0 Å². The summed E-state index contributed by atoms with van der Waals surface area (Å²) in [4.78, 5) is 0. The van der Waals surface area contributed by atoms with E-state index in [1.54, 1.807) is 0 Å². The number of hydrogen-bond donors (Lipinski definition) is 0. The molecule has 8 aromatic rings. The van der Waals surface area contributed by atoms with Crippen molar-refractivity contribution in [1.82, 2.24) is 4.57 Å². The van der Waals surface area contributed by atoms with E-state index in [1.807, 2.05) is 36.4 Å². The first-order valence-corrected chi connectivity index (χ1v) is 16.3. The zero-order valence-corrected chi connectivity index (χ0v) is 24.2. The first-order valence-electron chi connectivity index (χ1n) is 14.6. The number of aromatic nitrogens is 1. The summed E-state index contributed by atoms with van der Waals surface area (Å²) < 4.78 is 17.6. The lowest BCUT2D eigenvalue weighted by Gasteiger charge is -2.16. The maximum atomic E-state index is 15.3. The molecule has 1 aliphatic rings. The second-order valence-corrected chi connectivity index (χ2v) is 14.0. The van der Waals surface area contributed by atoms with Crippen LogP contribution in [0.3, 0.4) is 0 Å². The summed E-state index contributed by atoms with van der Waals surface area (Å²) in [5.41, 5.74) is 7.86. The van der Waals surface area contributed by atoms with E-state index in [2.05, 4.69) is 126 Å². The molecular formula is C40H26NOP. The second kappa shape index (κ2) is 9.16. The number of nitrogens with zero attached hydrogens (tertiary/aromatic N) is 1. The number of hydrogen-bond acceptors (Lipinski definition) is 1. The number of rotatable bonds is 3. The van der Waals surface area contributed by atoms with Crippen LogP contribution in [0.15, 0.2) is 158 Å². The zero-order chi connectivity index (χ0) is 28.5. The van der Waals surface area contributed by atoms with Crippen molar-refractivity contribution in [3.05, 3.63) is 158 Å². The van der Waals surface area contributed by atoms with Crippen LogP contribution < -0.4 is 15.9 Å². The average Bonchev–Trinajstić information content (AvgIpc) is 3.55. The topological polar surface area (TPSA) is 22.0 Å². The van der Waals surface area contributed by atoms with Crippen molar-refractivity contribution < 1.29 is 4.57 Å². The van der Waals surface area contributed by atoms with Crippen molar-refractivity contribution >= 4 is 55.6 Å². The molecule has 0 spiro atoms. The number of benzene rings is 7. The minimum absolute atomic E-state index is 0.878. The van der Waals surface area contributed by atoms with Gasteiger partial charge in [0.05, 0.1) is 11.0 Å². The predicted molar refractivity (Wildman–Crippen MR) is 182 cm³/mol. The molecular weight excluding hydrogens is 541 g/mol. The average molecular weight is 568 g/mol. The summed E-state index contributed by atoms with van der Waals surface area (Å²) >= 11 is 0. The van der Waals surface area contributed by atoms with Crippen molar-refractivity contribution in [2.45, 2.75) is 0 Å². The molecule has 2 nitrogen and oxygen atoms in total. The van der Waals surface area contributed by atoms with Gasteiger partial charge in [0, 0.05) is 37.9 Å². The highest BCUT2D eigenvalue weighted by molar-refractivity contribution is 7.86. The van der Waals surface area contributed by atoms with Crippen LogP contribution >= 0.6 is 7.14 Å². The lowest BCUT2D eigenvalue weighted by atomic mass is 10.0. The molecule has 1 atom stereocenters. The molecule has 0 fully saturated rings. The van der Waals surface area contributed by atoms with Crippen molar-refractivity contribution in [2.24, 2.45) is 0 Å². The Hall–Kier alpha value is -5.17. The summed E-state index contributed by atoms with van der Waals surface area (Å²) in [5, 5.41) is 7.57. The number of fused-ring (bicyclic) bond motifs is 8. The van der Waals surface area contributed by atoms with Gasteiger partial charge in [-0.2, -0.15) is 0 Å². The quantitative estimate of drug-likeness (QED) is 0.195. The Morgan fingerprint density at radius 3 is 2.05 bits per heavy atom. The smallest absolute Gasteiger partial charge is 0.172 e. The zero-order valence-electron chi connectivity index (χ0n) is 23.3. The molecule has 7 aromatic carbocycles. The van der Waals surface area contributed by atoms with Gasteiger partial charge in [0.2, 0.25) is 0 Å². The van der Waals surface area contributed by atoms with Crippen molar-refractivity contribution in [1.29, 1.82) is 0 Å². The lowest BCUT2D eigenvalue weighted by molar-refractivity contribution is 0.593. The molecule has 0 bridgehead atoms. The van der Waals surface area contributed by atoms with Crippen molar-refractivity contribution in [3.63, 3.8) is 0 Å². The molecule has 202 valence electrons. The first kappa shape index (κ1) is 24.4. The summed E-state index contributed by atoms with van der Waals surface area (Å²) in [6, 6.07) is 55.1. The Bertz CT molecular complexity index is 2420. The van der Waals surface area contributed by atoms with E-state index in [1.165, 1.54) is 32.7 Å². The van der Waals surface area contributed by atoms with Crippen LogP contribution in [0.2, 0.25) is 0 Å². The molecule has 43 heavy (non-hydrogen) atoms. The molecule has 0 radical (unpaired) electrons. The first-order chi connectivity index (χ1) is 21.2. The van der Waals surface area contributed by atoms with Crippen molar-refractivity contribution in [2.75, 3.05) is 0 Å². The standard InChI is InChI=1S/C40H26NOP/c42-43(32-12-2-1-3-13-32)37-17-9-7-15-35(37)39-38(43)25-24-34-33-14-6-8-16-36(33)41(40(34)39)31-22-20-28(21-23-31)30-19-18-27-10-4-5-11-29(27)26-30/h1-26H. The Morgan fingerprint density at radius 1 is 0.488 bits per heavy atom. The largest absolute Gasteiger partial charge is 0.309 e. The Kier molecular flexibility index (Phi) is 5.21. The highest BCUT2D eigenvalue weighted by atomic mass is 31.2. The fourth-order valence-corrected chi connectivity index (χ4v) is 10.1. The summed E-state index contributed by atoms with van der Waals surface area (Å²) in [7, 11) is -3.04. The van der Waals surface area contributed by atoms with Crippen LogP contribution in [0.1, 0.15) is 0 Å². The van der Waals surface area contributed by atoms with E-state index < -0.39 is 7.14 Å². The number of para-hydroxylation sites is 1. The highest BCUT2D eigenvalue weighted by Gasteiger charge is 2.41. The van der Waals surface area contributed by atoms with E-state index in [-0.39, 0.29) is 0 Å². The third kappa shape index (κ3) is 3.45. The Morgan fingerprint density at radius 2 is 1.19 bits per heavy atom. The molecule has 0 saturated carbocycles. The fourth-order valence-electron chi connectivity index (χ4n) is 7.02. The van der Waals surface area contributed by atoms with E-state index in [9.17, 15) is 0 Å². The predicted octanol–water partition coefficient (Wildman–Crippen LogP) is 9.22. The minimum Gasteiger partial charge on any atom is -0.309 e. The molecule has 0 N–H and O–H groups in total. The van der Waals surface area contributed by atoms with Gasteiger partial charge < -0.3 is 9.13 Å². The van der Waals surface area contributed by atoms with E-state index >= 15 is 4.57 Å². The SMILES string of the molecule is O=P1(c2ccccc2)c2ccccc2-c2c1ccc1c3ccccc3n(-c3ccc(-c4ccc5ccccc5c4)cc3)c21. The van der Waals surface area contributed by atoms with Gasteiger partial charge in [-0.1, -0.05) is 127 Å². The van der Waals surface area contributed by atoms with Gasteiger partial charge in [0.25, 0.3) is 0 Å². The summed E-state index contributed by atoms with van der Waals surface area (Å²) in [6.45, 7) is 0. The van der Waals surface area contributed by atoms with E-state index in [4.69, 9.17) is 0 Å². The third-order valence-corrected chi connectivity index (χ3v) is 12.1. The van der Waals surface area contributed by atoms with Crippen LogP contribution in [0.4, 0.5) is 0 Å². The molecule has 1 aliphatic heterocycles. The molecule has 1 unspecified atom stereocenters. The minimum atomic E-state index is -3.04. The maximum absolute atomic E-state index is 15.3. The van der Waals surface area contributed by atoms with Crippen LogP contribution in [0.25, 0.3) is 60.5 Å². The fraction of sp³-hybridized carbons (Fsp3) is 0. The normalized spacial score (nSPS) is 15.6. The Labute approximate surface area is 249 Å². The van der Waals surface area contributed by atoms with E-state index in [0.717, 1.165) is 43.8 Å². The monoisotopic (exact) mass is 567 g/mol. The summed E-state index contributed by atoms with van der Waals surface area (Å²) in [6.07, 6.45) is 0. The van der Waals surface area contributed by atoms with Crippen LogP contribution in [-0.2, 0) is 4.57 Å². The molecule has 1 aromatic heterocycles. The molecule has 9 rings (SSSR count). The van der Waals surface area contributed by atoms with E-state index in [0.29, 0.717) is 0 Å². The van der Waals surface area contributed by atoms with Gasteiger partial charge in [-0.25, -0.2) is 0 Å². The van der Waals surface area contributed by atoms with Gasteiger partial charge >= 0.3 is 0 Å². The van der Waals surface area contributed by atoms with Crippen molar-refractivity contribution in [3.8, 4) is 27.9 Å².